The molecule has 1 aromatic carbocycles. The fourth-order valence-electron chi connectivity index (χ4n) is 1.80. The van der Waals surface area contributed by atoms with Crippen LogP contribution in [0.25, 0.3) is 0 Å². The lowest BCUT2D eigenvalue weighted by Gasteiger charge is -2.23. The van der Waals surface area contributed by atoms with E-state index in [0.29, 0.717) is 25.5 Å². The molecule has 18 heavy (non-hydrogen) atoms. The van der Waals surface area contributed by atoms with Gasteiger partial charge in [-0.2, -0.15) is 0 Å². The van der Waals surface area contributed by atoms with Crippen molar-refractivity contribution in [1.29, 1.82) is 0 Å². The van der Waals surface area contributed by atoms with Crippen LogP contribution in [0.1, 0.15) is 5.56 Å². The van der Waals surface area contributed by atoms with E-state index in [2.05, 4.69) is 5.32 Å². The van der Waals surface area contributed by atoms with Crippen molar-refractivity contribution in [1.82, 2.24) is 5.32 Å². The highest BCUT2D eigenvalue weighted by molar-refractivity contribution is 5.48. The summed E-state index contributed by atoms with van der Waals surface area (Å²) in [5, 5.41) is 14.1. The van der Waals surface area contributed by atoms with Gasteiger partial charge in [0.05, 0.1) is 11.5 Å². The zero-order valence-corrected chi connectivity index (χ0v) is 10.2. The third-order valence-corrected chi connectivity index (χ3v) is 2.74. The molecule has 6 nitrogen and oxygen atoms in total. The van der Waals surface area contributed by atoms with Crippen LogP contribution in [-0.2, 0) is 4.74 Å². The Labute approximate surface area is 105 Å². The fourth-order valence-corrected chi connectivity index (χ4v) is 1.80. The normalized spacial score (nSPS) is 19.5. The molecule has 1 aliphatic rings. The van der Waals surface area contributed by atoms with Crippen molar-refractivity contribution in [2.45, 2.75) is 13.0 Å². The van der Waals surface area contributed by atoms with Gasteiger partial charge in [-0.1, -0.05) is 6.07 Å². The van der Waals surface area contributed by atoms with Gasteiger partial charge in [-0.3, -0.25) is 10.1 Å². The summed E-state index contributed by atoms with van der Waals surface area (Å²) in [6.45, 7) is 4.31. The van der Waals surface area contributed by atoms with Crippen LogP contribution in [0.4, 0.5) is 5.69 Å². The summed E-state index contributed by atoms with van der Waals surface area (Å²) in [5.41, 5.74) is 0.836. The third-order valence-electron chi connectivity index (χ3n) is 2.74. The van der Waals surface area contributed by atoms with E-state index in [0.717, 1.165) is 12.1 Å². The van der Waals surface area contributed by atoms with Crippen molar-refractivity contribution in [3.63, 3.8) is 0 Å². The Morgan fingerprint density at radius 2 is 2.44 bits per heavy atom. The molecule has 0 saturated carbocycles. The molecule has 6 heteroatoms. The van der Waals surface area contributed by atoms with Crippen molar-refractivity contribution >= 4 is 5.69 Å². The number of nitro groups is 1. The number of benzene rings is 1. The summed E-state index contributed by atoms with van der Waals surface area (Å²) in [4.78, 5) is 10.5. The van der Waals surface area contributed by atoms with Gasteiger partial charge >= 0.3 is 5.69 Å². The fraction of sp³-hybridized carbons (Fsp3) is 0.500. The van der Waals surface area contributed by atoms with E-state index in [-0.39, 0.29) is 11.8 Å². The number of aryl methyl sites for hydroxylation is 1. The number of nitro benzene ring substituents is 1. The molecule has 0 amide bonds. The molecule has 1 unspecified atom stereocenters. The molecule has 1 aliphatic heterocycles. The number of nitrogens with zero attached hydrogens (tertiary/aromatic N) is 1. The first-order valence-electron chi connectivity index (χ1n) is 5.87. The standard InChI is InChI=1S/C12H16N2O4/c1-9-2-3-12(11(6-9)14(15)16)18-8-10-7-13-4-5-17-10/h2-3,6,10,13H,4-5,7-8H2,1H3. The molecule has 1 aromatic rings. The second-order valence-electron chi connectivity index (χ2n) is 4.24. The number of hydrogen-bond donors (Lipinski definition) is 1. The number of morpholine rings is 1. The van der Waals surface area contributed by atoms with Gasteiger partial charge in [-0.15, -0.1) is 0 Å². The minimum Gasteiger partial charge on any atom is -0.484 e. The van der Waals surface area contributed by atoms with Gasteiger partial charge in [-0.25, -0.2) is 0 Å². The Kier molecular flexibility index (Phi) is 4.11. The molecule has 0 aromatic heterocycles. The Morgan fingerprint density at radius 1 is 1.61 bits per heavy atom. The molecule has 0 spiro atoms. The largest absolute Gasteiger partial charge is 0.484 e. The topological polar surface area (TPSA) is 73.6 Å². The quantitative estimate of drug-likeness (QED) is 0.645. The Bertz CT molecular complexity index is 430. The maximum Gasteiger partial charge on any atom is 0.311 e. The lowest BCUT2D eigenvalue weighted by Crippen LogP contribution is -2.41. The van der Waals surface area contributed by atoms with Crippen LogP contribution >= 0.6 is 0 Å². The summed E-state index contributed by atoms with van der Waals surface area (Å²) in [7, 11) is 0. The van der Waals surface area contributed by atoms with Crippen molar-refractivity contribution in [3.8, 4) is 5.75 Å². The van der Waals surface area contributed by atoms with Crippen LogP contribution in [0.2, 0.25) is 0 Å². The second-order valence-corrected chi connectivity index (χ2v) is 4.24. The van der Waals surface area contributed by atoms with Crippen LogP contribution in [0.15, 0.2) is 18.2 Å². The highest BCUT2D eigenvalue weighted by Gasteiger charge is 2.18. The van der Waals surface area contributed by atoms with Crippen LogP contribution in [0.5, 0.6) is 5.75 Å². The van der Waals surface area contributed by atoms with Crippen LogP contribution in [0.3, 0.4) is 0 Å². The molecule has 0 radical (unpaired) electrons. The Hall–Kier alpha value is -1.66. The van der Waals surface area contributed by atoms with E-state index >= 15 is 0 Å². The minimum atomic E-state index is -0.428. The van der Waals surface area contributed by atoms with Crippen LogP contribution in [-0.4, -0.2) is 37.3 Å². The summed E-state index contributed by atoms with van der Waals surface area (Å²) in [6.07, 6.45) is -0.0559. The molecule has 1 N–H and O–H groups in total. The molecule has 1 atom stereocenters. The average Bonchev–Trinajstić information content (AvgIpc) is 2.38. The van der Waals surface area contributed by atoms with Gasteiger partial charge in [-0.05, 0) is 18.6 Å². The predicted octanol–water partition coefficient (Wildman–Crippen LogP) is 1.27. The van der Waals surface area contributed by atoms with Gasteiger partial charge in [0, 0.05) is 19.2 Å². The Balaban J connectivity index is 2.01. The molecule has 1 fully saturated rings. The minimum absolute atomic E-state index is 0.00114. The van der Waals surface area contributed by atoms with Crippen molar-refractivity contribution in [2.24, 2.45) is 0 Å². The van der Waals surface area contributed by atoms with E-state index in [1.807, 2.05) is 6.92 Å². The van der Waals surface area contributed by atoms with Crippen LogP contribution < -0.4 is 10.1 Å². The van der Waals surface area contributed by atoms with E-state index in [4.69, 9.17) is 9.47 Å². The first kappa shape index (κ1) is 12.8. The van der Waals surface area contributed by atoms with E-state index in [9.17, 15) is 10.1 Å². The number of nitrogens with one attached hydrogen (secondary N) is 1. The molecule has 1 heterocycles. The lowest BCUT2D eigenvalue weighted by molar-refractivity contribution is -0.386. The maximum absolute atomic E-state index is 10.9. The molecular weight excluding hydrogens is 236 g/mol. The van der Waals surface area contributed by atoms with E-state index < -0.39 is 4.92 Å². The Morgan fingerprint density at radius 3 is 3.11 bits per heavy atom. The monoisotopic (exact) mass is 252 g/mol. The predicted molar refractivity (Wildman–Crippen MR) is 65.9 cm³/mol. The first-order valence-corrected chi connectivity index (χ1v) is 5.87. The van der Waals surface area contributed by atoms with Gasteiger partial charge in [0.2, 0.25) is 0 Å². The van der Waals surface area contributed by atoms with Crippen molar-refractivity contribution in [2.75, 3.05) is 26.3 Å². The molecule has 0 bridgehead atoms. The lowest BCUT2D eigenvalue weighted by atomic mass is 10.2. The summed E-state index contributed by atoms with van der Waals surface area (Å²) in [6, 6.07) is 4.93. The number of ether oxygens (including phenoxy) is 2. The van der Waals surface area contributed by atoms with Crippen LogP contribution in [0, 0.1) is 17.0 Å². The van der Waals surface area contributed by atoms with Gasteiger partial charge in [0.15, 0.2) is 5.75 Å². The van der Waals surface area contributed by atoms with Crippen molar-refractivity contribution in [3.05, 3.63) is 33.9 Å². The molecule has 2 rings (SSSR count). The maximum atomic E-state index is 10.9. The van der Waals surface area contributed by atoms with Gasteiger partial charge in [0.1, 0.15) is 12.7 Å². The highest BCUT2D eigenvalue weighted by atomic mass is 16.6. The molecule has 1 saturated heterocycles. The first-order chi connectivity index (χ1) is 8.66. The summed E-state index contributed by atoms with van der Waals surface area (Å²) in [5.74, 6) is 0.291. The van der Waals surface area contributed by atoms with E-state index in [1.165, 1.54) is 6.07 Å². The molecule has 98 valence electrons. The highest BCUT2D eigenvalue weighted by Crippen LogP contribution is 2.27. The summed E-state index contributed by atoms with van der Waals surface area (Å²) >= 11 is 0. The van der Waals surface area contributed by atoms with E-state index in [1.54, 1.807) is 12.1 Å². The molecular formula is C12H16N2O4. The zero-order valence-electron chi connectivity index (χ0n) is 10.2. The average molecular weight is 252 g/mol. The van der Waals surface area contributed by atoms with Crippen molar-refractivity contribution < 1.29 is 14.4 Å². The SMILES string of the molecule is Cc1ccc(OCC2CNCCO2)c([N+](=O)[O-])c1. The van der Waals surface area contributed by atoms with Gasteiger partial charge < -0.3 is 14.8 Å². The zero-order chi connectivity index (χ0) is 13.0. The van der Waals surface area contributed by atoms with Gasteiger partial charge in [0.25, 0.3) is 0 Å². The smallest absolute Gasteiger partial charge is 0.311 e. The second kappa shape index (κ2) is 5.79. The summed E-state index contributed by atoms with van der Waals surface area (Å²) < 4.78 is 11.0. The number of hydrogen-bond acceptors (Lipinski definition) is 5. The third kappa shape index (κ3) is 3.18. The number of rotatable bonds is 4. The molecule has 0 aliphatic carbocycles.